The number of rotatable bonds is 2. The average molecular weight is 203 g/mol. The van der Waals surface area contributed by atoms with Gasteiger partial charge < -0.3 is 4.90 Å². The Morgan fingerprint density at radius 3 is 2.73 bits per heavy atom. The molecule has 1 aliphatic heterocycles. The first-order chi connectivity index (χ1) is 7.31. The van der Waals surface area contributed by atoms with Crippen molar-refractivity contribution < 1.29 is 4.79 Å². The molecular weight excluding hydrogens is 186 g/mol. The number of nitrogens with zero attached hydrogens (tertiary/aromatic N) is 1. The molecule has 0 radical (unpaired) electrons. The standard InChI is InChI=1S/C13H17NO/c1-2-14-10-12(8-9-13(14)15)11-6-4-3-5-7-11/h3-7,12H,2,8-10H2,1H3. The van der Waals surface area contributed by atoms with E-state index >= 15 is 0 Å². The lowest BCUT2D eigenvalue weighted by Crippen LogP contribution is -2.38. The maximum Gasteiger partial charge on any atom is 0.222 e. The fourth-order valence-electron chi connectivity index (χ4n) is 2.22. The largest absolute Gasteiger partial charge is 0.342 e. The van der Waals surface area contributed by atoms with E-state index in [2.05, 4.69) is 24.3 Å². The van der Waals surface area contributed by atoms with Crippen LogP contribution in [0.15, 0.2) is 30.3 Å². The molecular formula is C13H17NO. The molecule has 1 fully saturated rings. The third-order valence-corrected chi connectivity index (χ3v) is 3.15. The third kappa shape index (κ3) is 2.20. The van der Waals surface area contributed by atoms with Crippen molar-refractivity contribution in [2.75, 3.05) is 13.1 Å². The number of amides is 1. The summed E-state index contributed by atoms with van der Waals surface area (Å²) in [6, 6.07) is 10.5. The number of carbonyl (C=O) groups excluding carboxylic acids is 1. The van der Waals surface area contributed by atoms with Crippen LogP contribution in [-0.2, 0) is 4.79 Å². The molecule has 2 heteroatoms. The molecule has 1 amide bonds. The van der Waals surface area contributed by atoms with Crippen molar-refractivity contribution in [1.29, 1.82) is 0 Å². The van der Waals surface area contributed by atoms with Gasteiger partial charge in [-0.3, -0.25) is 4.79 Å². The van der Waals surface area contributed by atoms with Crippen LogP contribution in [0.2, 0.25) is 0 Å². The van der Waals surface area contributed by atoms with Crippen molar-refractivity contribution in [3.05, 3.63) is 35.9 Å². The van der Waals surface area contributed by atoms with E-state index in [1.165, 1.54) is 5.56 Å². The molecule has 1 aromatic carbocycles. The van der Waals surface area contributed by atoms with Crippen molar-refractivity contribution >= 4 is 5.91 Å². The summed E-state index contributed by atoms with van der Waals surface area (Å²) in [5.41, 5.74) is 1.36. The molecule has 15 heavy (non-hydrogen) atoms. The summed E-state index contributed by atoms with van der Waals surface area (Å²) in [5.74, 6) is 0.841. The van der Waals surface area contributed by atoms with Gasteiger partial charge in [0.2, 0.25) is 5.91 Å². The fraction of sp³-hybridized carbons (Fsp3) is 0.462. The highest BCUT2D eigenvalue weighted by molar-refractivity contribution is 5.77. The zero-order chi connectivity index (χ0) is 10.7. The Morgan fingerprint density at radius 2 is 2.07 bits per heavy atom. The second-order valence-electron chi connectivity index (χ2n) is 4.08. The number of hydrogen-bond donors (Lipinski definition) is 0. The Hall–Kier alpha value is -1.31. The van der Waals surface area contributed by atoms with Gasteiger partial charge in [0.25, 0.3) is 0 Å². The zero-order valence-corrected chi connectivity index (χ0v) is 9.15. The van der Waals surface area contributed by atoms with Crippen molar-refractivity contribution in [2.24, 2.45) is 0 Å². The zero-order valence-electron chi connectivity index (χ0n) is 9.15. The van der Waals surface area contributed by atoms with E-state index in [0.717, 1.165) is 19.5 Å². The highest BCUT2D eigenvalue weighted by Gasteiger charge is 2.25. The Kier molecular flexibility index (Phi) is 3.05. The number of hydrogen-bond acceptors (Lipinski definition) is 1. The molecule has 1 unspecified atom stereocenters. The topological polar surface area (TPSA) is 20.3 Å². The van der Waals surface area contributed by atoms with Crippen molar-refractivity contribution in [3.8, 4) is 0 Å². The molecule has 1 aromatic rings. The first-order valence-electron chi connectivity index (χ1n) is 5.64. The van der Waals surface area contributed by atoms with Gasteiger partial charge in [-0.1, -0.05) is 30.3 Å². The normalized spacial score (nSPS) is 21.8. The van der Waals surface area contributed by atoms with Crippen LogP contribution in [0, 0.1) is 0 Å². The van der Waals surface area contributed by atoms with Gasteiger partial charge in [0.05, 0.1) is 0 Å². The summed E-state index contributed by atoms with van der Waals surface area (Å²) in [4.78, 5) is 13.5. The maximum absolute atomic E-state index is 11.5. The first kappa shape index (κ1) is 10.2. The average Bonchev–Trinajstić information content (AvgIpc) is 2.31. The van der Waals surface area contributed by atoms with E-state index in [9.17, 15) is 4.79 Å². The summed E-state index contributed by atoms with van der Waals surface area (Å²) in [5, 5.41) is 0. The van der Waals surface area contributed by atoms with Crippen LogP contribution >= 0.6 is 0 Å². The van der Waals surface area contributed by atoms with Crippen LogP contribution in [0.4, 0.5) is 0 Å². The smallest absolute Gasteiger partial charge is 0.222 e. The predicted octanol–water partition coefficient (Wildman–Crippen LogP) is 2.41. The first-order valence-corrected chi connectivity index (χ1v) is 5.64. The molecule has 1 saturated heterocycles. The minimum atomic E-state index is 0.310. The van der Waals surface area contributed by atoms with Crippen LogP contribution in [0.25, 0.3) is 0 Å². The lowest BCUT2D eigenvalue weighted by atomic mass is 9.90. The minimum Gasteiger partial charge on any atom is -0.342 e. The van der Waals surface area contributed by atoms with Crippen LogP contribution < -0.4 is 0 Å². The predicted molar refractivity (Wildman–Crippen MR) is 60.7 cm³/mol. The number of likely N-dealkylation sites (N-methyl/N-ethyl adjacent to an activating group) is 1. The van der Waals surface area contributed by atoms with Gasteiger partial charge in [0.15, 0.2) is 0 Å². The molecule has 1 heterocycles. The molecule has 0 N–H and O–H groups in total. The Morgan fingerprint density at radius 1 is 1.33 bits per heavy atom. The highest BCUT2D eigenvalue weighted by Crippen LogP contribution is 2.26. The van der Waals surface area contributed by atoms with Gasteiger partial charge in [0.1, 0.15) is 0 Å². The van der Waals surface area contributed by atoms with Crippen LogP contribution in [0.3, 0.4) is 0 Å². The summed E-state index contributed by atoms with van der Waals surface area (Å²) in [6.45, 7) is 3.77. The fourth-order valence-corrected chi connectivity index (χ4v) is 2.22. The molecule has 2 nitrogen and oxygen atoms in total. The molecule has 2 rings (SSSR count). The highest BCUT2D eigenvalue weighted by atomic mass is 16.2. The Bertz CT molecular complexity index is 334. The molecule has 0 aromatic heterocycles. The SMILES string of the molecule is CCN1CC(c2ccccc2)CCC1=O. The van der Waals surface area contributed by atoms with Crippen molar-refractivity contribution in [3.63, 3.8) is 0 Å². The van der Waals surface area contributed by atoms with Gasteiger partial charge in [-0.2, -0.15) is 0 Å². The molecule has 0 aliphatic carbocycles. The van der Waals surface area contributed by atoms with Crippen LogP contribution in [0.5, 0.6) is 0 Å². The number of likely N-dealkylation sites (tertiary alicyclic amines) is 1. The number of carbonyl (C=O) groups is 1. The quantitative estimate of drug-likeness (QED) is 0.722. The van der Waals surface area contributed by atoms with E-state index < -0.39 is 0 Å². The third-order valence-electron chi connectivity index (χ3n) is 3.15. The van der Waals surface area contributed by atoms with E-state index in [0.29, 0.717) is 18.2 Å². The number of piperidine rings is 1. The Balaban J connectivity index is 2.09. The van der Waals surface area contributed by atoms with Crippen molar-refractivity contribution in [2.45, 2.75) is 25.7 Å². The minimum absolute atomic E-state index is 0.310. The van der Waals surface area contributed by atoms with Gasteiger partial charge >= 0.3 is 0 Å². The lowest BCUT2D eigenvalue weighted by Gasteiger charge is -2.32. The second kappa shape index (κ2) is 4.47. The van der Waals surface area contributed by atoms with E-state index in [1.807, 2.05) is 17.9 Å². The summed E-state index contributed by atoms with van der Waals surface area (Å²) >= 11 is 0. The van der Waals surface area contributed by atoms with Gasteiger partial charge in [-0.15, -0.1) is 0 Å². The van der Waals surface area contributed by atoms with Gasteiger partial charge in [-0.25, -0.2) is 0 Å². The molecule has 0 saturated carbocycles. The number of benzene rings is 1. The molecule has 80 valence electrons. The molecule has 1 atom stereocenters. The Labute approximate surface area is 90.9 Å². The summed E-state index contributed by atoms with van der Waals surface area (Å²) < 4.78 is 0. The van der Waals surface area contributed by atoms with Gasteiger partial charge in [-0.05, 0) is 18.9 Å². The van der Waals surface area contributed by atoms with Gasteiger partial charge in [0, 0.05) is 25.4 Å². The maximum atomic E-state index is 11.5. The lowest BCUT2D eigenvalue weighted by molar-refractivity contribution is -0.133. The van der Waals surface area contributed by atoms with E-state index in [-0.39, 0.29) is 0 Å². The summed E-state index contributed by atoms with van der Waals surface area (Å²) in [6.07, 6.45) is 1.70. The van der Waals surface area contributed by atoms with Crippen molar-refractivity contribution in [1.82, 2.24) is 4.90 Å². The summed E-state index contributed by atoms with van der Waals surface area (Å²) in [7, 11) is 0. The molecule has 0 bridgehead atoms. The van der Waals surface area contributed by atoms with E-state index in [1.54, 1.807) is 0 Å². The van der Waals surface area contributed by atoms with E-state index in [4.69, 9.17) is 0 Å². The molecule has 1 aliphatic rings. The monoisotopic (exact) mass is 203 g/mol. The van der Waals surface area contributed by atoms with Crippen LogP contribution in [0.1, 0.15) is 31.2 Å². The second-order valence-corrected chi connectivity index (χ2v) is 4.08. The molecule has 0 spiro atoms. The van der Waals surface area contributed by atoms with Crippen LogP contribution in [-0.4, -0.2) is 23.9 Å².